The first-order valence-electron chi connectivity index (χ1n) is 8.90. The Kier molecular flexibility index (Phi) is 10.5. The zero-order chi connectivity index (χ0) is 18.8. The second-order valence-electron chi connectivity index (χ2n) is 5.76. The number of halogens is 1. The number of benzene rings is 1. The summed E-state index contributed by atoms with van der Waals surface area (Å²) in [6.07, 6.45) is 1.71. The van der Waals surface area contributed by atoms with Crippen LogP contribution in [0.15, 0.2) is 41.5 Å². The number of hydrogen-bond acceptors (Lipinski definition) is 4. The quantitative estimate of drug-likeness (QED) is 0.340. The van der Waals surface area contributed by atoms with Crippen molar-refractivity contribution in [1.82, 2.24) is 15.6 Å². The maximum atomic E-state index is 5.74. The molecule has 1 aromatic carbocycles. The molecule has 0 bridgehead atoms. The summed E-state index contributed by atoms with van der Waals surface area (Å²) in [6.45, 7) is 8.63. The van der Waals surface area contributed by atoms with E-state index in [0.29, 0.717) is 25.6 Å². The number of hydrogen-bond donors (Lipinski definition) is 2. The van der Waals surface area contributed by atoms with Crippen molar-refractivity contribution in [2.45, 2.75) is 33.9 Å². The number of pyridine rings is 1. The number of nitrogens with zero attached hydrogens (tertiary/aromatic N) is 2. The van der Waals surface area contributed by atoms with Crippen LogP contribution < -0.4 is 20.1 Å². The van der Waals surface area contributed by atoms with Crippen molar-refractivity contribution in [3.8, 4) is 11.6 Å². The summed E-state index contributed by atoms with van der Waals surface area (Å²) < 4.78 is 11.0. The zero-order valence-electron chi connectivity index (χ0n) is 16.4. The summed E-state index contributed by atoms with van der Waals surface area (Å²) in [7, 11) is 1.62. The van der Waals surface area contributed by atoms with E-state index in [1.54, 1.807) is 13.3 Å². The standard InChI is InChI=1S/C20H28N4O2.HI/c1-5-21-20(24-14-17-8-7-11-22-19(17)25-4)23-13-16-10-9-15(3)12-18(16)26-6-2;/h7-12H,5-6,13-14H2,1-4H3,(H2,21,23,24);1H. The summed E-state index contributed by atoms with van der Waals surface area (Å²) in [5.74, 6) is 2.25. The molecule has 0 saturated carbocycles. The summed E-state index contributed by atoms with van der Waals surface area (Å²) in [5, 5.41) is 6.62. The number of methoxy groups -OCH3 is 1. The van der Waals surface area contributed by atoms with Crippen molar-refractivity contribution in [2.75, 3.05) is 20.3 Å². The van der Waals surface area contributed by atoms with Gasteiger partial charge in [0.1, 0.15) is 5.75 Å². The molecular weight excluding hydrogens is 455 g/mol. The van der Waals surface area contributed by atoms with Gasteiger partial charge in [0.25, 0.3) is 0 Å². The van der Waals surface area contributed by atoms with Gasteiger partial charge in [-0.25, -0.2) is 9.98 Å². The van der Waals surface area contributed by atoms with Gasteiger partial charge in [-0.15, -0.1) is 24.0 Å². The summed E-state index contributed by atoms with van der Waals surface area (Å²) in [4.78, 5) is 8.84. The Morgan fingerprint density at radius 2 is 1.96 bits per heavy atom. The van der Waals surface area contributed by atoms with Crippen molar-refractivity contribution in [3.05, 3.63) is 53.2 Å². The lowest BCUT2D eigenvalue weighted by atomic mass is 10.1. The minimum atomic E-state index is 0. The second kappa shape index (κ2) is 12.4. The molecule has 0 atom stereocenters. The van der Waals surface area contributed by atoms with Crippen LogP contribution in [0.25, 0.3) is 0 Å². The topological polar surface area (TPSA) is 67.8 Å². The molecule has 148 valence electrons. The molecule has 0 unspecified atom stereocenters. The molecule has 2 N–H and O–H groups in total. The molecule has 0 aliphatic heterocycles. The van der Waals surface area contributed by atoms with Gasteiger partial charge in [0.15, 0.2) is 5.96 Å². The summed E-state index contributed by atoms with van der Waals surface area (Å²) >= 11 is 0. The molecular formula is C20H29IN4O2. The number of aromatic nitrogens is 1. The fourth-order valence-electron chi connectivity index (χ4n) is 2.51. The third kappa shape index (κ3) is 7.24. The number of aryl methyl sites for hydroxylation is 1. The van der Waals surface area contributed by atoms with Crippen LogP contribution in [0.4, 0.5) is 0 Å². The van der Waals surface area contributed by atoms with Gasteiger partial charge >= 0.3 is 0 Å². The molecule has 0 spiro atoms. The minimum absolute atomic E-state index is 0. The van der Waals surface area contributed by atoms with E-state index < -0.39 is 0 Å². The summed E-state index contributed by atoms with van der Waals surface area (Å²) in [6, 6.07) is 10.1. The van der Waals surface area contributed by atoms with Crippen molar-refractivity contribution in [3.63, 3.8) is 0 Å². The third-order valence-corrected chi connectivity index (χ3v) is 3.76. The van der Waals surface area contributed by atoms with Gasteiger partial charge in [-0.05, 0) is 38.5 Å². The first kappa shape index (κ1) is 23.0. The Morgan fingerprint density at radius 1 is 1.15 bits per heavy atom. The van der Waals surface area contributed by atoms with Crippen LogP contribution in [0.5, 0.6) is 11.6 Å². The lowest BCUT2D eigenvalue weighted by Crippen LogP contribution is -2.36. The van der Waals surface area contributed by atoms with Gasteiger partial charge in [-0.2, -0.15) is 0 Å². The average Bonchev–Trinajstić information content (AvgIpc) is 2.65. The highest BCUT2D eigenvalue weighted by molar-refractivity contribution is 14.0. The number of guanidine groups is 1. The van der Waals surface area contributed by atoms with Gasteiger partial charge < -0.3 is 20.1 Å². The first-order valence-corrected chi connectivity index (χ1v) is 8.90. The predicted molar refractivity (Wildman–Crippen MR) is 120 cm³/mol. The van der Waals surface area contributed by atoms with Crippen LogP contribution in [0.3, 0.4) is 0 Å². The van der Waals surface area contributed by atoms with Gasteiger partial charge in [-0.3, -0.25) is 0 Å². The number of nitrogens with one attached hydrogen (secondary N) is 2. The fourth-order valence-corrected chi connectivity index (χ4v) is 2.51. The number of aliphatic imine (C=N–C) groups is 1. The largest absolute Gasteiger partial charge is 0.494 e. The van der Waals surface area contributed by atoms with Crippen molar-refractivity contribution >= 4 is 29.9 Å². The van der Waals surface area contributed by atoms with E-state index >= 15 is 0 Å². The number of rotatable bonds is 8. The van der Waals surface area contributed by atoms with Gasteiger partial charge in [0.05, 0.1) is 20.3 Å². The van der Waals surface area contributed by atoms with E-state index in [2.05, 4.69) is 45.7 Å². The Bertz CT molecular complexity index is 738. The molecule has 0 saturated heterocycles. The Morgan fingerprint density at radius 3 is 2.67 bits per heavy atom. The fraction of sp³-hybridized carbons (Fsp3) is 0.400. The van der Waals surface area contributed by atoms with Gasteiger partial charge in [0, 0.05) is 30.4 Å². The molecule has 6 nitrogen and oxygen atoms in total. The van der Waals surface area contributed by atoms with E-state index in [1.807, 2.05) is 26.0 Å². The third-order valence-electron chi connectivity index (χ3n) is 3.76. The molecule has 0 fully saturated rings. The van der Waals surface area contributed by atoms with Crippen LogP contribution in [-0.2, 0) is 13.1 Å². The van der Waals surface area contributed by atoms with Gasteiger partial charge in [-0.1, -0.05) is 18.2 Å². The van der Waals surface area contributed by atoms with Crippen LogP contribution in [0.2, 0.25) is 0 Å². The zero-order valence-corrected chi connectivity index (χ0v) is 18.7. The van der Waals surface area contributed by atoms with Crippen LogP contribution in [0.1, 0.15) is 30.5 Å². The Labute approximate surface area is 178 Å². The smallest absolute Gasteiger partial charge is 0.218 e. The van der Waals surface area contributed by atoms with Crippen molar-refractivity contribution in [2.24, 2.45) is 4.99 Å². The molecule has 0 amide bonds. The van der Waals surface area contributed by atoms with E-state index in [0.717, 1.165) is 29.4 Å². The Balaban J connectivity index is 0.00000364. The lowest BCUT2D eigenvalue weighted by Gasteiger charge is -2.15. The van der Waals surface area contributed by atoms with E-state index in [-0.39, 0.29) is 24.0 Å². The molecule has 27 heavy (non-hydrogen) atoms. The van der Waals surface area contributed by atoms with E-state index in [4.69, 9.17) is 9.47 Å². The second-order valence-corrected chi connectivity index (χ2v) is 5.76. The molecule has 0 aliphatic carbocycles. The van der Waals surface area contributed by atoms with Crippen molar-refractivity contribution in [1.29, 1.82) is 0 Å². The SMILES string of the molecule is CCNC(=NCc1cccnc1OC)NCc1ccc(C)cc1OCC.I. The molecule has 7 heteroatoms. The van der Waals surface area contributed by atoms with Crippen LogP contribution >= 0.6 is 24.0 Å². The Hall–Kier alpha value is -2.03. The van der Waals surface area contributed by atoms with Crippen molar-refractivity contribution < 1.29 is 9.47 Å². The maximum absolute atomic E-state index is 5.74. The normalized spacial score (nSPS) is 10.7. The van der Waals surface area contributed by atoms with Crippen LogP contribution in [-0.4, -0.2) is 31.2 Å². The van der Waals surface area contributed by atoms with Crippen LogP contribution in [0, 0.1) is 6.92 Å². The van der Waals surface area contributed by atoms with E-state index in [1.165, 1.54) is 5.56 Å². The molecule has 0 aliphatic rings. The maximum Gasteiger partial charge on any atom is 0.218 e. The van der Waals surface area contributed by atoms with E-state index in [9.17, 15) is 0 Å². The summed E-state index contributed by atoms with van der Waals surface area (Å²) in [5.41, 5.74) is 3.22. The molecule has 1 heterocycles. The highest BCUT2D eigenvalue weighted by atomic mass is 127. The minimum Gasteiger partial charge on any atom is -0.494 e. The highest BCUT2D eigenvalue weighted by Crippen LogP contribution is 2.20. The predicted octanol–water partition coefficient (Wildman–Crippen LogP) is 3.67. The molecule has 2 aromatic rings. The average molecular weight is 484 g/mol. The lowest BCUT2D eigenvalue weighted by molar-refractivity contribution is 0.336. The number of ether oxygens (including phenoxy) is 2. The molecule has 2 rings (SSSR count). The first-order chi connectivity index (χ1) is 12.7. The molecule has 1 aromatic heterocycles. The molecule has 0 radical (unpaired) electrons. The van der Waals surface area contributed by atoms with Gasteiger partial charge in [0.2, 0.25) is 5.88 Å². The highest BCUT2D eigenvalue weighted by Gasteiger charge is 2.07. The monoisotopic (exact) mass is 484 g/mol.